The van der Waals surface area contributed by atoms with Gasteiger partial charge in [-0.15, -0.1) is 0 Å². The van der Waals surface area contributed by atoms with Gasteiger partial charge in [-0.3, -0.25) is 9.59 Å². The average molecular weight is 982 g/mol. The van der Waals surface area contributed by atoms with Crippen LogP contribution in [0, 0.1) is 0 Å². The molecule has 0 saturated heterocycles. The minimum absolute atomic E-state index is 0. The zero-order valence-corrected chi connectivity index (χ0v) is 44.9. The third-order valence-corrected chi connectivity index (χ3v) is 13.4. The van der Waals surface area contributed by atoms with Gasteiger partial charge in [-0.1, -0.05) is 33.3 Å². The second-order valence-electron chi connectivity index (χ2n) is 16.7. The predicted molar refractivity (Wildman–Crippen MR) is 234 cm³/mol. The van der Waals surface area contributed by atoms with E-state index >= 15 is 0 Å². The Balaban J connectivity index is 0.00000726. The molecule has 1 unspecified atom stereocenters. The first-order valence-electron chi connectivity index (χ1n) is 20.6. The van der Waals surface area contributed by atoms with Gasteiger partial charge in [-0.2, -0.15) is 0 Å². The van der Waals surface area contributed by atoms with Gasteiger partial charge in [0.25, 0.3) is 5.91 Å². The molecule has 17 nitrogen and oxygen atoms in total. The second-order valence-corrected chi connectivity index (χ2v) is 21.1. The van der Waals surface area contributed by atoms with Gasteiger partial charge in [0.1, 0.15) is 40.3 Å². The molecule has 1 atom stereocenters. The molecule has 0 saturated carbocycles. The normalized spacial score (nSPS) is 16.6. The SMILES string of the molecule is CC[N+](CCCS(=O)(=O)[O-])=c1cc2oc(/C=C/C=C3/N(CCCCCC(=O)O)c4ccc(S(=O)(=O)[O-])cc4C3(C)CCCS(=O)(=O)[O-])cc(C(C)(C)C)c-2cc1C(=O)NCCOC.[Na+].[Na+]. The standard InChI is InChI=1S/C43H59N3O14S3.2Na/c1-7-45(21-13-25-62(53,54)55)37-29-38-32(28-33(37)41(49)44-20-23-59-6)34(42(2,3)4)26-30(60-38)14-11-15-39-43(5,19-12-24-61(50,51)52)35-27-31(63(56,57)58)17-18-36(35)46(39)22-10-8-9-16-40(47)48;;/h11,14-15,17-18,26-29H,7-10,12-13,16,19-25H2,1-6H3,(H4-,44,47,48,49,50,51,52,53,54,55,56,57,58);;/q;2*+1/p-2. The zero-order valence-electron chi connectivity index (χ0n) is 38.5. The summed E-state index contributed by atoms with van der Waals surface area (Å²) in [5, 5.41) is 12.5. The van der Waals surface area contributed by atoms with Crippen molar-refractivity contribution in [1.29, 1.82) is 0 Å². The Morgan fingerprint density at radius 3 is 2.18 bits per heavy atom. The minimum Gasteiger partial charge on any atom is -0.748 e. The van der Waals surface area contributed by atoms with Crippen molar-refractivity contribution in [3.05, 3.63) is 82.1 Å². The number of hydrogen-bond acceptors (Lipinski definition) is 14. The van der Waals surface area contributed by atoms with Crippen molar-refractivity contribution in [2.45, 2.75) is 95.3 Å². The predicted octanol–water partition coefficient (Wildman–Crippen LogP) is -1.66. The number of anilines is 1. The smallest absolute Gasteiger partial charge is 0.748 e. The number of carboxylic acid groups (broad SMARTS) is 1. The van der Waals surface area contributed by atoms with Gasteiger partial charge in [-0.05, 0) is 98.6 Å². The Morgan fingerprint density at radius 1 is 0.938 bits per heavy atom. The maximum absolute atomic E-state index is 13.7. The monoisotopic (exact) mass is 981 g/mol. The molecule has 0 fully saturated rings. The maximum atomic E-state index is 13.7. The molecule has 1 aromatic rings. The van der Waals surface area contributed by atoms with Crippen LogP contribution in [-0.2, 0) is 50.7 Å². The first kappa shape index (κ1) is 58.7. The largest absolute Gasteiger partial charge is 1.00 e. The van der Waals surface area contributed by atoms with E-state index in [1.165, 1.54) is 25.3 Å². The minimum atomic E-state index is -4.89. The Kier molecular flexibility index (Phi) is 22.3. The second kappa shape index (κ2) is 24.7. The van der Waals surface area contributed by atoms with E-state index in [-0.39, 0.29) is 104 Å². The van der Waals surface area contributed by atoms with Gasteiger partial charge in [0.05, 0.1) is 37.8 Å². The molecular weight excluding hydrogens is 925 g/mol. The van der Waals surface area contributed by atoms with E-state index in [1.807, 2.05) is 38.7 Å². The quantitative estimate of drug-likeness (QED) is 0.0494. The number of unbranched alkanes of at least 4 members (excludes halogenated alkanes) is 2. The van der Waals surface area contributed by atoms with Crippen molar-refractivity contribution in [2.75, 3.05) is 56.3 Å². The molecule has 2 aliphatic heterocycles. The van der Waals surface area contributed by atoms with E-state index in [9.17, 15) is 48.5 Å². The van der Waals surface area contributed by atoms with E-state index in [2.05, 4.69) is 5.32 Å². The molecule has 1 amide bonds. The summed E-state index contributed by atoms with van der Waals surface area (Å²) in [6.07, 6.45) is 6.70. The third kappa shape index (κ3) is 16.6. The summed E-state index contributed by atoms with van der Waals surface area (Å²) in [7, 11) is -12.5. The Hall–Kier alpha value is -2.44. The molecule has 22 heteroatoms. The molecule has 0 spiro atoms. The summed E-state index contributed by atoms with van der Waals surface area (Å²) in [6.45, 7) is 11.0. The molecule has 2 N–H and O–H groups in total. The van der Waals surface area contributed by atoms with Crippen molar-refractivity contribution in [1.82, 2.24) is 9.89 Å². The molecule has 0 bridgehead atoms. The van der Waals surface area contributed by atoms with Crippen LogP contribution in [0.25, 0.3) is 17.4 Å². The number of methoxy groups -OCH3 is 1. The van der Waals surface area contributed by atoms with Crippen LogP contribution in [0.1, 0.15) is 107 Å². The van der Waals surface area contributed by atoms with Crippen LogP contribution in [0.15, 0.2) is 63.6 Å². The van der Waals surface area contributed by atoms with E-state index in [0.29, 0.717) is 77.3 Å². The van der Waals surface area contributed by atoms with Crippen molar-refractivity contribution < 1.29 is 122 Å². The first-order chi connectivity index (χ1) is 29.3. The van der Waals surface area contributed by atoms with Crippen LogP contribution in [0.5, 0.6) is 0 Å². The van der Waals surface area contributed by atoms with Crippen LogP contribution in [0.3, 0.4) is 0 Å². The summed E-state index contributed by atoms with van der Waals surface area (Å²) in [5.74, 6) is -1.79. The van der Waals surface area contributed by atoms with Crippen LogP contribution in [0.2, 0.25) is 0 Å². The summed E-state index contributed by atoms with van der Waals surface area (Å²) in [4.78, 5) is 26.3. The maximum Gasteiger partial charge on any atom is 1.00 e. The number of fused-ring (bicyclic) bond motifs is 2. The number of rotatable bonds is 22. The summed E-state index contributed by atoms with van der Waals surface area (Å²) >= 11 is 0. The molecule has 348 valence electrons. The Bertz CT molecular complexity index is 2610. The number of carbonyl (C=O) groups excluding carboxylic acids is 1. The number of aliphatic carboxylic acids is 1. The molecule has 65 heavy (non-hydrogen) atoms. The zero-order chi connectivity index (χ0) is 47.0. The molecule has 0 radical (unpaired) electrons. The van der Waals surface area contributed by atoms with Gasteiger partial charge >= 0.3 is 65.1 Å². The Labute approximate surface area is 427 Å². The molecule has 4 rings (SSSR count). The molecule has 0 aromatic heterocycles. The third-order valence-electron chi connectivity index (χ3n) is 10.9. The van der Waals surface area contributed by atoms with Crippen LogP contribution in [0.4, 0.5) is 5.69 Å². The van der Waals surface area contributed by atoms with E-state index in [0.717, 1.165) is 5.56 Å². The number of benzene rings is 2. The number of nitrogens with zero attached hydrogens (tertiary/aromatic N) is 2. The summed E-state index contributed by atoms with van der Waals surface area (Å²) in [5.41, 5.74) is 1.81. The summed E-state index contributed by atoms with van der Waals surface area (Å²) < 4.78 is 119. The molecule has 3 aliphatic rings. The molecule has 1 aromatic carbocycles. The molecule has 1 aliphatic carbocycles. The number of carbonyl (C=O) groups is 2. The van der Waals surface area contributed by atoms with Gasteiger partial charge in [0, 0.05) is 66.9 Å². The number of ether oxygens (including phenoxy) is 1. The van der Waals surface area contributed by atoms with Crippen molar-refractivity contribution in [2.24, 2.45) is 0 Å². The number of amides is 1. The van der Waals surface area contributed by atoms with E-state index in [1.54, 1.807) is 41.9 Å². The van der Waals surface area contributed by atoms with Crippen molar-refractivity contribution in [3.8, 4) is 11.3 Å². The van der Waals surface area contributed by atoms with Gasteiger partial charge < -0.3 is 38.1 Å². The first-order valence-corrected chi connectivity index (χ1v) is 25.2. The summed E-state index contributed by atoms with van der Waals surface area (Å²) in [6, 6.07) is 9.28. The topological polar surface area (TPSA) is 267 Å². The van der Waals surface area contributed by atoms with Crippen molar-refractivity contribution >= 4 is 54.0 Å². The fraction of sp³-hybridized carbons (Fsp3) is 0.512. The number of hydrogen-bond donors (Lipinski definition) is 2. The van der Waals surface area contributed by atoms with Crippen molar-refractivity contribution in [3.63, 3.8) is 0 Å². The fourth-order valence-electron chi connectivity index (χ4n) is 7.88. The van der Waals surface area contributed by atoms with Crippen LogP contribution in [-0.4, -0.2) is 107 Å². The van der Waals surface area contributed by atoms with E-state index in [4.69, 9.17) is 14.3 Å². The number of carboxylic acids is 1. The number of allylic oxidation sites excluding steroid dienone is 3. The Morgan fingerprint density at radius 2 is 1.60 bits per heavy atom. The molecule has 2 heterocycles. The fourth-order valence-corrected chi connectivity index (χ4v) is 9.36. The van der Waals surface area contributed by atoms with Gasteiger partial charge in [-0.25, -0.2) is 29.8 Å². The van der Waals surface area contributed by atoms with Gasteiger partial charge in [0.15, 0.2) is 0 Å². The number of nitrogens with one attached hydrogen (secondary N) is 1. The van der Waals surface area contributed by atoms with Crippen LogP contribution < -0.4 is 79.3 Å². The van der Waals surface area contributed by atoms with Crippen LogP contribution >= 0.6 is 0 Å². The average Bonchev–Trinajstić information content (AvgIpc) is 3.39. The van der Waals surface area contributed by atoms with E-state index < -0.39 is 69.5 Å². The molecular formula is C43H57N3Na2O14S3. The van der Waals surface area contributed by atoms with Gasteiger partial charge in [0.2, 0.25) is 5.36 Å².